The lowest BCUT2D eigenvalue weighted by atomic mass is 10.2. The van der Waals surface area contributed by atoms with Crippen molar-refractivity contribution in [2.24, 2.45) is 0 Å². The number of benzene rings is 2. The van der Waals surface area contributed by atoms with E-state index in [0.29, 0.717) is 22.7 Å². The van der Waals surface area contributed by atoms with Crippen molar-refractivity contribution in [1.82, 2.24) is 4.98 Å². The van der Waals surface area contributed by atoms with Gasteiger partial charge in [-0.1, -0.05) is 12.1 Å². The van der Waals surface area contributed by atoms with Crippen LogP contribution in [0.15, 0.2) is 66.9 Å². The van der Waals surface area contributed by atoms with Crippen LogP contribution in [0.5, 0.6) is 5.75 Å². The van der Waals surface area contributed by atoms with Gasteiger partial charge >= 0.3 is 0 Å². The minimum Gasteiger partial charge on any atom is -0.495 e. The van der Waals surface area contributed by atoms with Crippen LogP contribution >= 0.6 is 0 Å². The number of carbonyl (C=O) groups excluding carboxylic acids is 2. The van der Waals surface area contributed by atoms with Gasteiger partial charge in [0.25, 0.3) is 11.8 Å². The van der Waals surface area contributed by atoms with Gasteiger partial charge in [0.15, 0.2) is 0 Å². The van der Waals surface area contributed by atoms with Crippen LogP contribution in [0.2, 0.25) is 0 Å². The minimum atomic E-state index is -0.461. The normalized spacial score (nSPS) is 9.86. The average Bonchev–Trinajstić information content (AvgIpc) is 2.74. The van der Waals surface area contributed by atoms with Gasteiger partial charge in [0.1, 0.15) is 11.4 Å². The highest BCUT2D eigenvalue weighted by Crippen LogP contribution is 2.23. The van der Waals surface area contributed by atoms with Crippen LogP contribution in [0.3, 0.4) is 0 Å². The quantitative estimate of drug-likeness (QED) is 0.714. The molecule has 0 aliphatic heterocycles. The van der Waals surface area contributed by atoms with Gasteiger partial charge in [-0.2, -0.15) is 5.26 Å². The first-order chi connectivity index (χ1) is 13.6. The van der Waals surface area contributed by atoms with Crippen LogP contribution in [0.25, 0.3) is 0 Å². The largest absolute Gasteiger partial charge is 0.495 e. The van der Waals surface area contributed by atoms with Crippen LogP contribution < -0.4 is 15.4 Å². The first kappa shape index (κ1) is 18.6. The van der Waals surface area contributed by atoms with Gasteiger partial charge in [0, 0.05) is 17.4 Å². The summed E-state index contributed by atoms with van der Waals surface area (Å²) in [4.78, 5) is 29.0. The highest BCUT2D eigenvalue weighted by molar-refractivity contribution is 6.08. The zero-order chi connectivity index (χ0) is 19.9. The van der Waals surface area contributed by atoms with E-state index in [-0.39, 0.29) is 17.2 Å². The summed E-state index contributed by atoms with van der Waals surface area (Å²) < 4.78 is 5.22. The zero-order valence-corrected chi connectivity index (χ0v) is 15.0. The molecule has 0 bridgehead atoms. The van der Waals surface area contributed by atoms with Gasteiger partial charge < -0.3 is 15.4 Å². The van der Waals surface area contributed by atoms with Crippen molar-refractivity contribution in [3.63, 3.8) is 0 Å². The Morgan fingerprint density at radius 2 is 1.75 bits per heavy atom. The SMILES string of the molecule is COc1ccccc1NC(=O)c1ccnc(C(=O)Nc2ccc(C#N)cc2)c1. The molecule has 0 aliphatic carbocycles. The summed E-state index contributed by atoms with van der Waals surface area (Å²) in [5.74, 6) is -0.320. The van der Waals surface area contributed by atoms with Gasteiger partial charge in [-0.25, -0.2) is 0 Å². The van der Waals surface area contributed by atoms with Crippen molar-refractivity contribution in [3.8, 4) is 11.8 Å². The predicted molar refractivity (Wildman–Crippen MR) is 104 cm³/mol. The molecule has 0 aliphatic rings. The number of amides is 2. The molecule has 7 nitrogen and oxygen atoms in total. The summed E-state index contributed by atoms with van der Waals surface area (Å²) in [6, 6.07) is 18.4. The smallest absolute Gasteiger partial charge is 0.274 e. The molecule has 138 valence electrons. The third kappa shape index (κ3) is 4.31. The average molecular weight is 372 g/mol. The predicted octanol–water partition coefficient (Wildman–Crippen LogP) is 3.47. The number of nitriles is 1. The fourth-order valence-electron chi connectivity index (χ4n) is 2.46. The van der Waals surface area contributed by atoms with Crippen molar-refractivity contribution in [2.75, 3.05) is 17.7 Å². The third-order valence-electron chi connectivity index (χ3n) is 3.88. The highest BCUT2D eigenvalue weighted by atomic mass is 16.5. The van der Waals surface area contributed by atoms with Crippen molar-refractivity contribution in [3.05, 3.63) is 83.7 Å². The lowest BCUT2D eigenvalue weighted by Crippen LogP contribution is -2.17. The zero-order valence-electron chi connectivity index (χ0n) is 15.0. The van der Waals surface area contributed by atoms with E-state index in [0.717, 1.165) is 0 Å². The van der Waals surface area contributed by atoms with Crippen LogP contribution in [-0.4, -0.2) is 23.9 Å². The number of para-hydroxylation sites is 2. The molecule has 7 heteroatoms. The van der Waals surface area contributed by atoms with Gasteiger partial charge in [0.05, 0.1) is 24.4 Å². The first-order valence-electron chi connectivity index (χ1n) is 8.32. The molecule has 2 N–H and O–H groups in total. The standard InChI is InChI=1S/C21H16N4O3/c1-28-19-5-3-2-4-17(19)25-20(26)15-10-11-23-18(12-15)21(27)24-16-8-6-14(13-22)7-9-16/h2-12H,1H3,(H,24,27)(H,25,26). The number of anilines is 2. The van der Waals surface area contributed by atoms with Crippen molar-refractivity contribution in [1.29, 1.82) is 5.26 Å². The monoisotopic (exact) mass is 372 g/mol. The van der Waals surface area contributed by atoms with E-state index in [4.69, 9.17) is 10.00 Å². The van der Waals surface area contributed by atoms with Crippen molar-refractivity contribution >= 4 is 23.2 Å². The Morgan fingerprint density at radius 3 is 2.46 bits per heavy atom. The van der Waals surface area contributed by atoms with E-state index in [1.807, 2.05) is 6.07 Å². The van der Waals surface area contributed by atoms with Crippen LogP contribution in [0.1, 0.15) is 26.4 Å². The summed E-state index contributed by atoms with van der Waals surface area (Å²) in [6.45, 7) is 0. The van der Waals surface area contributed by atoms with E-state index >= 15 is 0 Å². The maximum Gasteiger partial charge on any atom is 0.274 e. The minimum absolute atomic E-state index is 0.0945. The molecule has 0 unspecified atom stereocenters. The lowest BCUT2D eigenvalue weighted by molar-refractivity contribution is 0.102. The number of nitrogens with zero attached hydrogens (tertiary/aromatic N) is 2. The van der Waals surface area contributed by atoms with Crippen LogP contribution in [0, 0.1) is 11.3 Å². The second-order valence-electron chi connectivity index (χ2n) is 5.73. The summed E-state index contributed by atoms with van der Waals surface area (Å²) in [5.41, 5.74) is 1.92. The van der Waals surface area contributed by atoms with E-state index in [1.54, 1.807) is 48.5 Å². The van der Waals surface area contributed by atoms with E-state index in [9.17, 15) is 9.59 Å². The third-order valence-corrected chi connectivity index (χ3v) is 3.88. The summed E-state index contributed by atoms with van der Waals surface area (Å²) in [6.07, 6.45) is 1.39. The maximum atomic E-state index is 12.5. The second-order valence-corrected chi connectivity index (χ2v) is 5.73. The van der Waals surface area contributed by atoms with Gasteiger partial charge in [-0.3, -0.25) is 14.6 Å². The Hall–Kier alpha value is -4.18. The molecule has 0 atom stereocenters. The molecule has 28 heavy (non-hydrogen) atoms. The molecule has 2 aromatic carbocycles. The molecule has 0 fully saturated rings. The molecule has 3 rings (SSSR count). The molecule has 1 heterocycles. The number of hydrogen-bond acceptors (Lipinski definition) is 5. The number of pyridine rings is 1. The van der Waals surface area contributed by atoms with E-state index < -0.39 is 5.91 Å². The molecular formula is C21H16N4O3. The highest BCUT2D eigenvalue weighted by Gasteiger charge is 2.14. The first-order valence-corrected chi connectivity index (χ1v) is 8.32. The van der Waals surface area contributed by atoms with Crippen LogP contribution in [-0.2, 0) is 0 Å². The fourth-order valence-corrected chi connectivity index (χ4v) is 2.46. The van der Waals surface area contributed by atoms with Gasteiger partial charge in [-0.05, 0) is 48.5 Å². The molecule has 0 saturated heterocycles. The Morgan fingerprint density at radius 1 is 1.00 bits per heavy atom. The maximum absolute atomic E-state index is 12.5. The van der Waals surface area contributed by atoms with Gasteiger partial charge in [-0.15, -0.1) is 0 Å². The summed E-state index contributed by atoms with van der Waals surface area (Å²) >= 11 is 0. The number of nitrogens with one attached hydrogen (secondary N) is 2. The number of aromatic nitrogens is 1. The summed E-state index contributed by atoms with van der Waals surface area (Å²) in [5, 5.41) is 14.2. The van der Waals surface area contributed by atoms with E-state index in [2.05, 4.69) is 15.6 Å². The van der Waals surface area contributed by atoms with Crippen LogP contribution in [0.4, 0.5) is 11.4 Å². The number of carbonyl (C=O) groups is 2. The molecule has 0 saturated carbocycles. The molecule has 3 aromatic rings. The number of ether oxygens (including phenoxy) is 1. The van der Waals surface area contributed by atoms with Gasteiger partial charge in [0.2, 0.25) is 0 Å². The Balaban J connectivity index is 1.74. The molecular weight excluding hydrogens is 356 g/mol. The molecule has 0 radical (unpaired) electrons. The molecule has 1 aromatic heterocycles. The Labute approximate surface area is 161 Å². The second kappa shape index (κ2) is 8.47. The van der Waals surface area contributed by atoms with Crippen molar-refractivity contribution in [2.45, 2.75) is 0 Å². The summed E-state index contributed by atoms with van der Waals surface area (Å²) in [7, 11) is 1.52. The molecule has 2 amide bonds. The number of rotatable bonds is 5. The fraction of sp³-hybridized carbons (Fsp3) is 0.0476. The Kier molecular flexibility index (Phi) is 5.63. The van der Waals surface area contributed by atoms with E-state index in [1.165, 1.54) is 25.4 Å². The number of hydrogen-bond donors (Lipinski definition) is 2. The molecule has 0 spiro atoms. The Bertz CT molecular complexity index is 1060. The van der Waals surface area contributed by atoms with Crippen molar-refractivity contribution < 1.29 is 14.3 Å². The number of methoxy groups -OCH3 is 1. The topological polar surface area (TPSA) is 104 Å². The lowest BCUT2D eigenvalue weighted by Gasteiger charge is -2.10.